The molecule has 80 valence electrons. The van der Waals surface area contributed by atoms with Gasteiger partial charge in [-0.15, -0.1) is 0 Å². The van der Waals surface area contributed by atoms with E-state index in [9.17, 15) is 4.79 Å². The minimum absolute atomic E-state index is 0.143. The van der Waals surface area contributed by atoms with Gasteiger partial charge in [0.15, 0.2) is 0 Å². The third-order valence-electron chi connectivity index (χ3n) is 2.11. The van der Waals surface area contributed by atoms with Gasteiger partial charge in [0.1, 0.15) is 0 Å². The summed E-state index contributed by atoms with van der Waals surface area (Å²) in [4.78, 5) is 13.0. The van der Waals surface area contributed by atoms with E-state index in [1.54, 1.807) is 6.92 Å². The quantitative estimate of drug-likeness (QED) is 0.601. The molecule has 0 radical (unpaired) electrons. The van der Waals surface area contributed by atoms with Crippen LogP contribution in [0.25, 0.3) is 0 Å². The number of nitriles is 1. The summed E-state index contributed by atoms with van der Waals surface area (Å²) in [5.74, 6) is -0.230. The third kappa shape index (κ3) is 4.83. The van der Waals surface area contributed by atoms with E-state index in [1.165, 1.54) is 0 Å². The van der Waals surface area contributed by atoms with Crippen molar-refractivity contribution in [1.29, 1.82) is 5.26 Å². The molecule has 0 saturated carbocycles. The SMILES string of the molecule is CCOC(=O)CN(C)C(CC)CC#N. The van der Waals surface area contributed by atoms with E-state index >= 15 is 0 Å². The zero-order valence-corrected chi connectivity index (χ0v) is 9.12. The van der Waals surface area contributed by atoms with Gasteiger partial charge in [0.05, 0.1) is 25.6 Å². The van der Waals surface area contributed by atoms with Gasteiger partial charge in [-0.05, 0) is 20.4 Å². The number of carbonyl (C=O) groups excluding carboxylic acids is 1. The second-order valence-electron chi connectivity index (χ2n) is 3.14. The molecule has 1 unspecified atom stereocenters. The number of carbonyl (C=O) groups is 1. The minimum Gasteiger partial charge on any atom is -0.465 e. The Bertz CT molecular complexity index is 211. The summed E-state index contributed by atoms with van der Waals surface area (Å²) in [5.41, 5.74) is 0. The molecule has 0 aromatic rings. The lowest BCUT2D eigenvalue weighted by atomic mass is 10.1. The van der Waals surface area contributed by atoms with Crippen LogP contribution < -0.4 is 0 Å². The van der Waals surface area contributed by atoms with Crippen molar-refractivity contribution in [3.8, 4) is 6.07 Å². The number of ether oxygens (including phenoxy) is 1. The molecule has 0 N–H and O–H groups in total. The van der Waals surface area contributed by atoms with Crippen LogP contribution in [0, 0.1) is 11.3 Å². The highest BCUT2D eigenvalue weighted by atomic mass is 16.5. The second-order valence-corrected chi connectivity index (χ2v) is 3.14. The van der Waals surface area contributed by atoms with E-state index in [0.29, 0.717) is 13.0 Å². The maximum atomic E-state index is 11.1. The van der Waals surface area contributed by atoms with Gasteiger partial charge in [-0.3, -0.25) is 9.69 Å². The first kappa shape index (κ1) is 12.9. The maximum Gasteiger partial charge on any atom is 0.320 e. The molecule has 0 saturated heterocycles. The average molecular weight is 198 g/mol. The highest BCUT2D eigenvalue weighted by molar-refractivity contribution is 5.71. The molecule has 0 rings (SSSR count). The van der Waals surface area contributed by atoms with Gasteiger partial charge in [0, 0.05) is 6.04 Å². The van der Waals surface area contributed by atoms with Crippen LogP contribution in [0.2, 0.25) is 0 Å². The van der Waals surface area contributed by atoms with E-state index in [0.717, 1.165) is 6.42 Å². The van der Waals surface area contributed by atoms with Crippen LogP contribution in [0.1, 0.15) is 26.7 Å². The Kier molecular flexibility index (Phi) is 6.77. The molecule has 14 heavy (non-hydrogen) atoms. The van der Waals surface area contributed by atoms with Crippen molar-refractivity contribution >= 4 is 5.97 Å². The highest BCUT2D eigenvalue weighted by Crippen LogP contribution is 2.05. The predicted octanol–water partition coefficient (Wildman–Crippen LogP) is 1.17. The second kappa shape index (κ2) is 7.34. The van der Waals surface area contributed by atoms with Crippen molar-refractivity contribution in [1.82, 2.24) is 4.90 Å². The fraction of sp³-hybridized carbons (Fsp3) is 0.800. The topological polar surface area (TPSA) is 53.3 Å². The molecule has 4 heteroatoms. The van der Waals surface area contributed by atoms with Crippen molar-refractivity contribution in [2.45, 2.75) is 32.7 Å². The van der Waals surface area contributed by atoms with E-state index in [1.807, 2.05) is 18.9 Å². The zero-order valence-electron chi connectivity index (χ0n) is 9.12. The van der Waals surface area contributed by atoms with Crippen LogP contribution >= 0.6 is 0 Å². The Labute approximate surface area is 85.5 Å². The van der Waals surface area contributed by atoms with Gasteiger partial charge in [-0.25, -0.2) is 0 Å². The molecule has 0 aliphatic rings. The molecule has 0 fully saturated rings. The number of nitrogens with zero attached hydrogens (tertiary/aromatic N) is 2. The Balaban J connectivity index is 3.97. The highest BCUT2D eigenvalue weighted by Gasteiger charge is 2.15. The number of rotatable bonds is 6. The molecule has 0 aliphatic heterocycles. The first-order chi connectivity index (χ1) is 6.65. The standard InChI is InChI=1S/C10H18N2O2/c1-4-9(6-7-11)12(3)8-10(13)14-5-2/h9H,4-6,8H2,1-3H3. The molecular formula is C10H18N2O2. The number of hydrogen-bond donors (Lipinski definition) is 0. The molecule has 0 heterocycles. The molecule has 0 aromatic carbocycles. The summed E-state index contributed by atoms with van der Waals surface area (Å²) in [6.07, 6.45) is 1.32. The number of hydrogen-bond acceptors (Lipinski definition) is 4. The van der Waals surface area contributed by atoms with Crippen LogP contribution in [0.5, 0.6) is 0 Å². The summed E-state index contributed by atoms with van der Waals surface area (Å²) in [7, 11) is 1.84. The third-order valence-corrected chi connectivity index (χ3v) is 2.11. The number of esters is 1. The summed E-state index contributed by atoms with van der Waals surface area (Å²) in [6.45, 7) is 4.45. The monoisotopic (exact) mass is 198 g/mol. The fourth-order valence-electron chi connectivity index (χ4n) is 1.26. The molecule has 4 nitrogen and oxygen atoms in total. The summed E-state index contributed by atoms with van der Waals surface area (Å²) >= 11 is 0. The Morgan fingerprint density at radius 3 is 2.64 bits per heavy atom. The van der Waals surface area contributed by atoms with E-state index in [-0.39, 0.29) is 18.6 Å². The summed E-state index contributed by atoms with van der Waals surface area (Å²) in [5, 5.41) is 8.56. The molecule has 0 amide bonds. The van der Waals surface area contributed by atoms with Gasteiger partial charge >= 0.3 is 5.97 Å². The van der Waals surface area contributed by atoms with Crippen molar-refractivity contribution < 1.29 is 9.53 Å². The van der Waals surface area contributed by atoms with Crippen molar-refractivity contribution in [3.05, 3.63) is 0 Å². The lowest BCUT2D eigenvalue weighted by molar-refractivity contribution is -0.144. The molecule has 0 spiro atoms. The Hall–Kier alpha value is -1.08. The predicted molar refractivity (Wildman–Crippen MR) is 53.6 cm³/mol. The van der Waals surface area contributed by atoms with E-state index in [4.69, 9.17) is 10.00 Å². The van der Waals surface area contributed by atoms with Crippen molar-refractivity contribution in [3.63, 3.8) is 0 Å². The Morgan fingerprint density at radius 2 is 2.21 bits per heavy atom. The van der Waals surface area contributed by atoms with Crippen molar-refractivity contribution in [2.24, 2.45) is 0 Å². The lowest BCUT2D eigenvalue weighted by Crippen LogP contribution is -2.36. The van der Waals surface area contributed by atoms with Gasteiger partial charge in [0.25, 0.3) is 0 Å². The summed E-state index contributed by atoms with van der Waals surface area (Å²) < 4.78 is 4.82. The first-order valence-electron chi connectivity index (χ1n) is 4.88. The van der Waals surface area contributed by atoms with Gasteiger partial charge in [-0.1, -0.05) is 6.92 Å². The van der Waals surface area contributed by atoms with Crippen LogP contribution in [0.4, 0.5) is 0 Å². The first-order valence-corrected chi connectivity index (χ1v) is 4.88. The average Bonchev–Trinajstić information content (AvgIpc) is 2.14. The zero-order chi connectivity index (χ0) is 11.0. The van der Waals surface area contributed by atoms with Gasteiger partial charge in [0.2, 0.25) is 0 Å². The molecule has 1 atom stereocenters. The van der Waals surface area contributed by atoms with Gasteiger partial charge in [-0.2, -0.15) is 5.26 Å². The van der Waals surface area contributed by atoms with Crippen LogP contribution in [-0.2, 0) is 9.53 Å². The minimum atomic E-state index is -0.230. The van der Waals surface area contributed by atoms with Crippen LogP contribution in [0.15, 0.2) is 0 Å². The van der Waals surface area contributed by atoms with E-state index in [2.05, 4.69) is 6.07 Å². The van der Waals surface area contributed by atoms with Crippen molar-refractivity contribution in [2.75, 3.05) is 20.2 Å². The molecule has 0 aliphatic carbocycles. The van der Waals surface area contributed by atoms with Crippen LogP contribution in [-0.4, -0.2) is 37.1 Å². The van der Waals surface area contributed by atoms with Crippen LogP contribution in [0.3, 0.4) is 0 Å². The Morgan fingerprint density at radius 1 is 1.57 bits per heavy atom. The molecule has 0 bridgehead atoms. The molecular weight excluding hydrogens is 180 g/mol. The van der Waals surface area contributed by atoms with Gasteiger partial charge < -0.3 is 4.74 Å². The maximum absolute atomic E-state index is 11.1. The number of likely N-dealkylation sites (N-methyl/N-ethyl adjacent to an activating group) is 1. The van der Waals surface area contributed by atoms with E-state index < -0.39 is 0 Å². The fourth-order valence-corrected chi connectivity index (χ4v) is 1.26. The largest absolute Gasteiger partial charge is 0.465 e. The lowest BCUT2D eigenvalue weighted by Gasteiger charge is -2.23. The molecule has 0 aromatic heterocycles. The summed E-state index contributed by atoms with van der Waals surface area (Å²) in [6, 6.07) is 2.25. The normalized spacial score (nSPS) is 12.2. The smallest absolute Gasteiger partial charge is 0.320 e.